The van der Waals surface area contributed by atoms with Gasteiger partial charge in [-0.05, 0) is 30.5 Å². The Labute approximate surface area is 103 Å². The monoisotopic (exact) mass is 241 g/mol. The van der Waals surface area contributed by atoms with Crippen LogP contribution in [-0.2, 0) is 6.54 Å². The van der Waals surface area contributed by atoms with Crippen LogP contribution in [0.3, 0.4) is 0 Å². The summed E-state index contributed by atoms with van der Waals surface area (Å²) in [4.78, 5) is 0. The number of hydrogen-bond acceptors (Lipinski definition) is 2. The molecule has 3 heteroatoms. The predicted octanol–water partition coefficient (Wildman–Crippen LogP) is 3.61. The zero-order chi connectivity index (χ0) is 12.0. The topological polar surface area (TPSA) is 35.2 Å². The van der Waals surface area contributed by atoms with Crippen LogP contribution in [0.4, 0.5) is 0 Å². The molecule has 1 rings (SSSR count). The van der Waals surface area contributed by atoms with Gasteiger partial charge in [-0.25, -0.2) is 0 Å². The van der Waals surface area contributed by atoms with Crippen LogP contribution in [0.15, 0.2) is 18.2 Å². The van der Waals surface area contributed by atoms with E-state index in [1.54, 1.807) is 0 Å². The van der Waals surface area contributed by atoms with Crippen LogP contribution in [0.2, 0.25) is 5.02 Å². The SMILES string of the molecule is CCCC(C)COc1ccc(Cl)cc1CN. The Morgan fingerprint density at radius 3 is 2.81 bits per heavy atom. The maximum absolute atomic E-state index is 5.90. The molecule has 1 atom stereocenters. The third-order valence-corrected chi connectivity index (χ3v) is 2.78. The second-order valence-corrected chi connectivity index (χ2v) is 4.60. The van der Waals surface area contributed by atoms with Crippen molar-refractivity contribution in [3.05, 3.63) is 28.8 Å². The molecule has 1 unspecified atom stereocenters. The molecule has 0 saturated carbocycles. The first kappa shape index (κ1) is 13.3. The van der Waals surface area contributed by atoms with Crippen LogP contribution in [-0.4, -0.2) is 6.61 Å². The molecule has 0 heterocycles. The van der Waals surface area contributed by atoms with Gasteiger partial charge in [0, 0.05) is 17.1 Å². The molecule has 0 aliphatic rings. The zero-order valence-electron chi connectivity index (χ0n) is 10.0. The lowest BCUT2D eigenvalue weighted by Gasteiger charge is -2.14. The highest BCUT2D eigenvalue weighted by Crippen LogP contribution is 2.23. The predicted molar refractivity (Wildman–Crippen MR) is 68.9 cm³/mol. The lowest BCUT2D eigenvalue weighted by atomic mass is 10.1. The van der Waals surface area contributed by atoms with Gasteiger partial charge in [-0.15, -0.1) is 0 Å². The molecule has 2 N–H and O–H groups in total. The molecule has 2 nitrogen and oxygen atoms in total. The van der Waals surface area contributed by atoms with Crippen LogP contribution in [0.1, 0.15) is 32.3 Å². The van der Waals surface area contributed by atoms with Crippen molar-refractivity contribution in [3.8, 4) is 5.75 Å². The fourth-order valence-electron chi connectivity index (χ4n) is 1.66. The number of benzene rings is 1. The van der Waals surface area contributed by atoms with Gasteiger partial charge in [0.05, 0.1) is 6.61 Å². The fourth-order valence-corrected chi connectivity index (χ4v) is 1.85. The number of ether oxygens (including phenoxy) is 1. The van der Waals surface area contributed by atoms with Crippen molar-refractivity contribution in [3.63, 3.8) is 0 Å². The van der Waals surface area contributed by atoms with Crippen LogP contribution < -0.4 is 10.5 Å². The largest absolute Gasteiger partial charge is 0.493 e. The number of rotatable bonds is 6. The molecule has 0 aromatic heterocycles. The molecule has 90 valence electrons. The molecule has 0 bridgehead atoms. The zero-order valence-corrected chi connectivity index (χ0v) is 10.8. The third-order valence-electron chi connectivity index (χ3n) is 2.55. The maximum atomic E-state index is 5.90. The highest BCUT2D eigenvalue weighted by atomic mass is 35.5. The number of nitrogens with two attached hydrogens (primary N) is 1. The minimum atomic E-state index is 0.456. The van der Waals surface area contributed by atoms with Gasteiger partial charge in [0.2, 0.25) is 0 Å². The number of halogens is 1. The highest BCUT2D eigenvalue weighted by molar-refractivity contribution is 6.30. The summed E-state index contributed by atoms with van der Waals surface area (Å²) in [5.41, 5.74) is 6.61. The summed E-state index contributed by atoms with van der Waals surface area (Å²) in [5, 5.41) is 0.703. The first-order valence-electron chi connectivity index (χ1n) is 5.78. The van der Waals surface area contributed by atoms with E-state index >= 15 is 0 Å². The molecule has 0 amide bonds. The molecule has 1 aromatic carbocycles. The van der Waals surface area contributed by atoms with E-state index in [0.717, 1.165) is 17.9 Å². The van der Waals surface area contributed by atoms with Gasteiger partial charge in [0.1, 0.15) is 5.75 Å². The van der Waals surface area contributed by atoms with E-state index in [4.69, 9.17) is 22.1 Å². The van der Waals surface area contributed by atoms with Gasteiger partial charge < -0.3 is 10.5 Å². The summed E-state index contributed by atoms with van der Waals surface area (Å²) in [6.45, 7) is 5.58. The second-order valence-electron chi connectivity index (χ2n) is 4.16. The van der Waals surface area contributed by atoms with Gasteiger partial charge in [-0.1, -0.05) is 31.9 Å². The summed E-state index contributed by atoms with van der Waals surface area (Å²) in [6.07, 6.45) is 2.38. The van der Waals surface area contributed by atoms with Crippen molar-refractivity contribution in [1.29, 1.82) is 0 Å². The van der Waals surface area contributed by atoms with Gasteiger partial charge >= 0.3 is 0 Å². The Morgan fingerprint density at radius 2 is 2.19 bits per heavy atom. The first-order chi connectivity index (χ1) is 7.67. The lowest BCUT2D eigenvalue weighted by Crippen LogP contribution is -2.10. The lowest BCUT2D eigenvalue weighted by molar-refractivity contribution is 0.249. The molecular weight excluding hydrogens is 222 g/mol. The first-order valence-corrected chi connectivity index (χ1v) is 6.16. The minimum Gasteiger partial charge on any atom is -0.493 e. The van der Waals surface area contributed by atoms with Crippen molar-refractivity contribution in [2.75, 3.05) is 6.61 Å². The van der Waals surface area contributed by atoms with Gasteiger partial charge in [0.25, 0.3) is 0 Å². The average molecular weight is 242 g/mol. The molecule has 0 fully saturated rings. The Bertz CT molecular complexity index is 328. The quantitative estimate of drug-likeness (QED) is 0.826. The highest BCUT2D eigenvalue weighted by Gasteiger charge is 2.06. The van der Waals surface area contributed by atoms with Crippen molar-refractivity contribution >= 4 is 11.6 Å². The van der Waals surface area contributed by atoms with E-state index in [2.05, 4.69) is 13.8 Å². The van der Waals surface area contributed by atoms with Crippen molar-refractivity contribution < 1.29 is 4.74 Å². The number of hydrogen-bond donors (Lipinski definition) is 1. The standard InChI is InChI=1S/C13H20ClNO/c1-3-4-10(2)9-16-13-6-5-12(14)7-11(13)8-15/h5-7,10H,3-4,8-9,15H2,1-2H3. The van der Waals surface area contributed by atoms with E-state index in [1.165, 1.54) is 12.8 Å². The van der Waals surface area contributed by atoms with Crippen molar-refractivity contribution in [1.82, 2.24) is 0 Å². The van der Waals surface area contributed by atoms with Gasteiger partial charge in [-0.2, -0.15) is 0 Å². The van der Waals surface area contributed by atoms with E-state index in [1.807, 2.05) is 18.2 Å². The maximum Gasteiger partial charge on any atom is 0.123 e. The van der Waals surface area contributed by atoms with Crippen LogP contribution in [0.5, 0.6) is 5.75 Å². The van der Waals surface area contributed by atoms with E-state index in [-0.39, 0.29) is 0 Å². The molecule has 0 radical (unpaired) electrons. The Kier molecular flexibility index (Phi) is 5.64. The molecule has 1 aromatic rings. The Morgan fingerprint density at radius 1 is 1.44 bits per heavy atom. The second kappa shape index (κ2) is 6.77. The van der Waals surface area contributed by atoms with E-state index in [0.29, 0.717) is 17.5 Å². The molecular formula is C13H20ClNO. The molecule has 0 spiro atoms. The summed E-state index contributed by atoms with van der Waals surface area (Å²) in [6, 6.07) is 5.59. The molecule has 0 aliphatic carbocycles. The molecule has 0 saturated heterocycles. The Hall–Kier alpha value is -0.730. The fraction of sp³-hybridized carbons (Fsp3) is 0.538. The van der Waals surface area contributed by atoms with E-state index < -0.39 is 0 Å². The van der Waals surface area contributed by atoms with Crippen LogP contribution in [0.25, 0.3) is 0 Å². The molecule has 0 aliphatic heterocycles. The average Bonchev–Trinajstić information content (AvgIpc) is 2.27. The summed E-state index contributed by atoms with van der Waals surface area (Å²) in [5.74, 6) is 1.43. The van der Waals surface area contributed by atoms with Gasteiger partial charge in [-0.3, -0.25) is 0 Å². The third kappa shape index (κ3) is 4.03. The van der Waals surface area contributed by atoms with Crippen LogP contribution >= 0.6 is 11.6 Å². The van der Waals surface area contributed by atoms with Crippen molar-refractivity contribution in [2.45, 2.75) is 33.2 Å². The summed E-state index contributed by atoms with van der Waals surface area (Å²) < 4.78 is 5.76. The normalized spacial score (nSPS) is 12.5. The minimum absolute atomic E-state index is 0.456. The van der Waals surface area contributed by atoms with Gasteiger partial charge in [0.15, 0.2) is 0 Å². The van der Waals surface area contributed by atoms with E-state index in [9.17, 15) is 0 Å². The van der Waals surface area contributed by atoms with Crippen molar-refractivity contribution in [2.24, 2.45) is 11.7 Å². The summed E-state index contributed by atoms with van der Waals surface area (Å²) in [7, 11) is 0. The summed E-state index contributed by atoms with van der Waals surface area (Å²) >= 11 is 5.90. The molecule has 16 heavy (non-hydrogen) atoms. The van der Waals surface area contributed by atoms with Crippen LogP contribution in [0, 0.1) is 5.92 Å². The smallest absolute Gasteiger partial charge is 0.123 e. The Balaban J connectivity index is 2.59.